The zero-order chi connectivity index (χ0) is 17.9. The second kappa shape index (κ2) is 7.15. The molecule has 0 bridgehead atoms. The largest absolute Gasteiger partial charge is 0.360 e. The normalized spacial score (nSPS) is 13.4. The maximum atomic E-state index is 12.4. The zero-order valence-electron chi connectivity index (χ0n) is 15.0. The summed E-state index contributed by atoms with van der Waals surface area (Å²) in [5.74, 6) is 0.725. The third-order valence-corrected chi connectivity index (χ3v) is 4.83. The number of anilines is 1. The minimum Gasteiger partial charge on any atom is -0.360 e. The van der Waals surface area contributed by atoms with Crippen molar-refractivity contribution in [3.63, 3.8) is 0 Å². The maximum absolute atomic E-state index is 12.4. The molecule has 0 fully saturated rings. The third kappa shape index (κ3) is 3.54. The highest BCUT2D eigenvalue weighted by Gasteiger charge is 2.17. The van der Waals surface area contributed by atoms with Crippen molar-refractivity contribution in [1.82, 2.24) is 19.7 Å². The number of benzene rings is 1. The second-order valence-corrected chi connectivity index (χ2v) is 6.86. The number of para-hydroxylation sites is 1. The Balaban J connectivity index is 1.64. The molecule has 134 valence electrons. The van der Waals surface area contributed by atoms with Gasteiger partial charge in [0.15, 0.2) is 0 Å². The van der Waals surface area contributed by atoms with E-state index >= 15 is 0 Å². The summed E-state index contributed by atoms with van der Waals surface area (Å²) in [5.41, 5.74) is 4.09. The van der Waals surface area contributed by atoms with E-state index in [1.54, 1.807) is 4.68 Å². The predicted molar refractivity (Wildman–Crippen MR) is 101 cm³/mol. The molecule has 0 radical (unpaired) electrons. The molecule has 2 aromatic heterocycles. The number of fused-ring (bicyclic) bond motifs is 1. The number of hydrogen-bond acceptors (Lipinski definition) is 4. The summed E-state index contributed by atoms with van der Waals surface area (Å²) in [7, 11) is 1.92. The first-order valence-corrected chi connectivity index (χ1v) is 9.07. The van der Waals surface area contributed by atoms with Crippen molar-refractivity contribution >= 4 is 5.69 Å². The van der Waals surface area contributed by atoms with Crippen molar-refractivity contribution in [1.29, 1.82) is 0 Å². The quantitative estimate of drug-likeness (QED) is 0.769. The van der Waals surface area contributed by atoms with Crippen LogP contribution in [0.2, 0.25) is 0 Å². The Morgan fingerprint density at radius 2 is 1.96 bits per heavy atom. The lowest BCUT2D eigenvalue weighted by atomic mass is 9.97. The number of rotatable bonds is 5. The van der Waals surface area contributed by atoms with Crippen LogP contribution in [-0.4, -0.2) is 19.7 Å². The lowest BCUT2D eigenvalue weighted by molar-refractivity contribution is 0.640. The molecule has 1 aliphatic rings. The van der Waals surface area contributed by atoms with Gasteiger partial charge in [-0.05, 0) is 37.8 Å². The van der Waals surface area contributed by atoms with Crippen molar-refractivity contribution in [3.8, 4) is 0 Å². The van der Waals surface area contributed by atoms with Gasteiger partial charge in [0.05, 0.1) is 18.4 Å². The summed E-state index contributed by atoms with van der Waals surface area (Å²) in [6, 6.07) is 10.2. The van der Waals surface area contributed by atoms with Crippen LogP contribution in [0.3, 0.4) is 0 Å². The van der Waals surface area contributed by atoms with E-state index in [1.807, 2.05) is 37.6 Å². The molecular formula is C20H23N5O. The highest BCUT2D eigenvalue weighted by molar-refractivity contribution is 5.46. The van der Waals surface area contributed by atoms with Gasteiger partial charge in [0.1, 0.15) is 5.82 Å². The van der Waals surface area contributed by atoms with Crippen LogP contribution in [0, 0.1) is 0 Å². The Labute approximate surface area is 152 Å². The van der Waals surface area contributed by atoms with Gasteiger partial charge in [-0.2, -0.15) is 5.10 Å². The molecule has 0 saturated carbocycles. The van der Waals surface area contributed by atoms with Crippen LogP contribution in [0.15, 0.2) is 47.5 Å². The predicted octanol–water partition coefficient (Wildman–Crippen LogP) is 2.59. The molecule has 2 heterocycles. The van der Waals surface area contributed by atoms with Gasteiger partial charge in [-0.15, -0.1) is 0 Å². The van der Waals surface area contributed by atoms with Crippen molar-refractivity contribution in [3.05, 3.63) is 75.7 Å². The van der Waals surface area contributed by atoms with E-state index in [1.165, 1.54) is 0 Å². The first-order valence-electron chi connectivity index (χ1n) is 9.07. The van der Waals surface area contributed by atoms with Crippen LogP contribution in [0.5, 0.6) is 0 Å². The fourth-order valence-corrected chi connectivity index (χ4v) is 3.56. The van der Waals surface area contributed by atoms with Crippen LogP contribution in [0.25, 0.3) is 0 Å². The topological polar surface area (TPSA) is 66.8 Å². The van der Waals surface area contributed by atoms with Gasteiger partial charge in [0, 0.05) is 36.6 Å². The van der Waals surface area contributed by atoms with E-state index in [4.69, 9.17) is 4.98 Å². The fraction of sp³-hybridized carbons (Fsp3) is 0.350. The van der Waals surface area contributed by atoms with Gasteiger partial charge >= 0.3 is 0 Å². The Bertz CT molecular complexity index is 944. The molecule has 1 aliphatic carbocycles. The molecular weight excluding hydrogens is 326 g/mol. The van der Waals surface area contributed by atoms with Gasteiger partial charge in [-0.3, -0.25) is 9.48 Å². The smallest absolute Gasteiger partial charge is 0.254 e. The van der Waals surface area contributed by atoms with Crippen LogP contribution in [-0.2, 0) is 33.0 Å². The van der Waals surface area contributed by atoms with Gasteiger partial charge in [0.2, 0.25) is 0 Å². The molecule has 0 saturated heterocycles. The second-order valence-electron chi connectivity index (χ2n) is 6.86. The Kier molecular flexibility index (Phi) is 4.56. The lowest BCUT2D eigenvalue weighted by Crippen LogP contribution is -2.28. The fourth-order valence-electron chi connectivity index (χ4n) is 3.56. The van der Waals surface area contributed by atoms with Crippen molar-refractivity contribution in [2.75, 3.05) is 4.90 Å². The number of nitrogens with zero attached hydrogens (tertiary/aromatic N) is 4. The van der Waals surface area contributed by atoms with Crippen LogP contribution in [0.1, 0.15) is 35.5 Å². The molecule has 6 heteroatoms. The molecule has 6 nitrogen and oxygen atoms in total. The molecule has 1 N–H and O–H groups in total. The average molecular weight is 349 g/mol. The monoisotopic (exact) mass is 349 g/mol. The van der Waals surface area contributed by atoms with E-state index in [0.717, 1.165) is 54.0 Å². The highest BCUT2D eigenvalue weighted by atomic mass is 16.1. The minimum atomic E-state index is 0.0269. The molecule has 26 heavy (non-hydrogen) atoms. The molecule has 0 spiro atoms. The number of H-pyrrole nitrogens is 1. The number of nitrogens with one attached hydrogen (secondary N) is 1. The van der Waals surface area contributed by atoms with E-state index in [0.29, 0.717) is 13.1 Å². The molecule has 0 atom stereocenters. The van der Waals surface area contributed by atoms with Gasteiger partial charge < -0.3 is 9.88 Å². The number of hydrogen-bond donors (Lipinski definition) is 1. The number of aromatic amines is 1. The van der Waals surface area contributed by atoms with Crippen molar-refractivity contribution < 1.29 is 0 Å². The minimum absolute atomic E-state index is 0.0269. The Morgan fingerprint density at radius 3 is 2.73 bits per heavy atom. The summed E-state index contributed by atoms with van der Waals surface area (Å²) in [4.78, 5) is 22.4. The van der Waals surface area contributed by atoms with Crippen molar-refractivity contribution in [2.24, 2.45) is 7.05 Å². The molecule has 4 rings (SSSR count). The zero-order valence-corrected chi connectivity index (χ0v) is 15.0. The van der Waals surface area contributed by atoms with Crippen LogP contribution >= 0.6 is 0 Å². The Hall–Kier alpha value is -2.89. The lowest BCUT2D eigenvalue weighted by Gasteiger charge is -2.24. The summed E-state index contributed by atoms with van der Waals surface area (Å²) < 4.78 is 1.80. The summed E-state index contributed by atoms with van der Waals surface area (Å²) >= 11 is 0. The molecule has 0 aliphatic heterocycles. The van der Waals surface area contributed by atoms with Crippen molar-refractivity contribution in [2.45, 2.75) is 38.8 Å². The number of aromatic nitrogens is 4. The summed E-state index contributed by atoms with van der Waals surface area (Å²) in [6.07, 6.45) is 7.82. The SMILES string of the molecule is Cn1cc(CN(Cc2nc3c(c(=O)[nH]2)CCCC3)c2ccccc2)cn1. The van der Waals surface area contributed by atoms with Gasteiger partial charge in [-0.1, -0.05) is 18.2 Å². The average Bonchev–Trinajstić information content (AvgIpc) is 3.07. The summed E-state index contributed by atoms with van der Waals surface area (Å²) in [6.45, 7) is 1.26. The number of aryl methyl sites for hydroxylation is 2. The third-order valence-electron chi connectivity index (χ3n) is 4.83. The molecule has 3 aromatic rings. The van der Waals surface area contributed by atoms with E-state index in [-0.39, 0.29) is 5.56 Å². The highest BCUT2D eigenvalue weighted by Crippen LogP contribution is 2.20. The van der Waals surface area contributed by atoms with Gasteiger partial charge in [-0.25, -0.2) is 4.98 Å². The van der Waals surface area contributed by atoms with E-state index in [2.05, 4.69) is 27.1 Å². The molecule has 0 amide bonds. The Morgan fingerprint density at radius 1 is 1.15 bits per heavy atom. The maximum Gasteiger partial charge on any atom is 0.254 e. The van der Waals surface area contributed by atoms with Crippen LogP contribution in [0.4, 0.5) is 5.69 Å². The molecule has 1 aromatic carbocycles. The molecule has 0 unspecified atom stereocenters. The first kappa shape index (κ1) is 16.6. The van der Waals surface area contributed by atoms with Crippen LogP contribution < -0.4 is 10.5 Å². The summed E-state index contributed by atoms with van der Waals surface area (Å²) in [5, 5.41) is 4.26. The van der Waals surface area contributed by atoms with E-state index in [9.17, 15) is 4.79 Å². The van der Waals surface area contributed by atoms with E-state index < -0.39 is 0 Å². The first-order chi connectivity index (χ1) is 12.7. The standard InChI is InChI=1S/C20H23N5O/c1-24-12-15(11-21-24)13-25(16-7-3-2-4-8-16)14-19-22-18-10-6-5-9-17(18)20(26)23-19/h2-4,7-8,11-12H,5-6,9-10,13-14H2,1H3,(H,22,23,26). The van der Waals surface area contributed by atoms with Gasteiger partial charge in [0.25, 0.3) is 5.56 Å².